The first-order valence-electron chi connectivity index (χ1n) is 9.09. The molecule has 0 saturated heterocycles. The van der Waals surface area contributed by atoms with Gasteiger partial charge < -0.3 is 9.73 Å². The van der Waals surface area contributed by atoms with Crippen molar-refractivity contribution in [3.63, 3.8) is 0 Å². The summed E-state index contributed by atoms with van der Waals surface area (Å²) in [7, 11) is 0. The van der Waals surface area contributed by atoms with Crippen LogP contribution in [0.5, 0.6) is 0 Å². The van der Waals surface area contributed by atoms with E-state index in [4.69, 9.17) is 4.42 Å². The second-order valence-corrected chi connectivity index (χ2v) is 7.66. The molecule has 0 aliphatic rings. The molecule has 0 bridgehead atoms. The molecular formula is C22H19N3O3S. The number of aryl methyl sites for hydroxylation is 2. The minimum Gasteiger partial charge on any atom is -0.387 e. The Balaban J connectivity index is 1.76. The monoisotopic (exact) mass is 405 g/mol. The molecule has 2 aromatic heterocycles. The second kappa shape index (κ2) is 7.89. The van der Waals surface area contributed by atoms with Crippen LogP contribution in [-0.2, 0) is 4.79 Å². The summed E-state index contributed by atoms with van der Waals surface area (Å²) in [6.45, 7) is 3.88. The van der Waals surface area contributed by atoms with Crippen LogP contribution in [0.1, 0.15) is 22.7 Å². The van der Waals surface area contributed by atoms with Crippen molar-refractivity contribution in [3.8, 4) is 10.8 Å². The van der Waals surface area contributed by atoms with Crippen molar-refractivity contribution >= 4 is 22.9 Å². The van der Waals surface area contributed by atoms with Crippen LogP contribution >= 0.6 is 11.3 Å². The summed E-state index contributed by atoms with van der Waals surface area (Å²) >= 11 is 1.41. The summed E-state index contributed by atoms with van der Waals surface area (Å²) in [6, 6.07) is 17.6. The van der Waals surface area contributed by atoms with Gasteiger partial charge in [0.25, 0.3) is 11.8 Å². The maximum atomic E-state index is 13.3. The highest BCUT2D eigenvalue weighted by molar-refractivity contribution is 7.13. The van der Waals surface area contributed by atoms with Gasteiger partial charge in [-0.3, -0.25) is 4.79 Å². The smallest absolute Gasteiger partial charge is 0.387 e. The van der Waals surface area contributed by atoms with Gasteiger partial charge in [0.1, 0.15) is 0 Å². The van der Waals surface area contributed by atoms with E-state index in [2.05, 4.69) is 10.4 Å². The molecule has 0 aliphatic carbocycles. The fourth-order valence-electron chi connectivity index (χ4n) is 3.06. The standard InChI is InChI=1S/C22H19N3O3S/c1-14-10-11-15(2)17(13-14)23-20(26)19(16-7-4-3-5-8-16)25-22(27)28-21(24-25)18-9-6-12-29-18/h3-13,19H,1-2H3,(H,23,26)/t19-/m0/s1. The Bertz CT molecular complexity index is 1190. The van der Waals surface area contributed by atoms with Crippen molar-refractivity contribution in [3.05, 3.63) is 93.3 Å². The van der Waals surface area contributed by atoms with Crippen molar-refractivity contribution in [1.29, 1.82) is 0 Å². The summed E-state index contributed by atoms with van der Waals surface area (Å²) in [4.78, 5) is 26.6. The molecule has 7 heteroatoms. The largest absolute Gasteiger partial charge is 0.438 e. The Morgan fingerprint density at radius 2 is 1.90 bits per heavy atom. The van der Waals surface area contributed by atoms with E-state index in [-0.39, 0.29) is 11.8 Å². The van der Waals surface area contributed by atoms with Crippen molar-refractivity contribution in [1.82, 2.24) is 9.78 Å². The number of carbonyl (C=O) groups excluding carboxylic acids is 1. The first-order valence-corrected chi connectivity index (χ1v) is 9.97. The molecule has 2 aromatic carbocycles. The second-order valence-electron chi connectivity index (χ2n) is 6.72. The number of rotatable bonds is 5. The van der Waals surface area contributed by atoms with Crippen molar-refractivity contribution in [2.75, 3.05) is 5.32 Å². The lowest BCUT2D eigenvalue weighted by Gasteiger charge is -2.17. The number of thiophene rings is 1. The van der Waals surface area contributed by atoms with E-state index in [0.717, 1.165) is 20.7 Å². The molecule has 1 atom stereocenters. The van der Waals surface area contributed by atoms with Gasteiger partial charge in [-0.15, -0.1) is 16.4 Å². The molecule has 4 aromatic rings. The lowest BCUT2D eigenvalue weighted by Crippen LogP contribution is -2.33. The van der Waals surface area contributed by atoms with Crippen LogP contribution in [0.15, 0.2) is 75.3 Å². The lowest BCUT2D eigenvalue weighted by molar-refractivity contribution is -0.118. The highest BCUT2D eigenvalue weighted by atomic mass is 32.1. The van der Waals surface area contributed by atoms with Crippen LogP contribution < -0.4 is 11.1 Å². The molecule has 4 rings (SSSR count). The number of anilines is 1. The molecule has 0 saturated carbocycles. The molecule has 1 N–H and O–H groups in total. The highest BCUT2D eigenvalue weighted by Gasteiger charge is 2.28. The topological polar surface area (TPSA) is 77.1 Å². The van der Waals surface area contributed by atoms with Crippen molar-refractivity contribution in [2.24, 2.45) is 0 Å². The molecule has 0 radical (unpaired) electrons. The molecule has 146 valence electrons. The zero-order chi connectivity index (χ0) is 20.4. The SMILES string of the molecule is Cc1ccc(C)c(NC(=O)[C@H](c2ccccc2)n2nc(-c3cccs3)oc2=O)c1. The van der Waals surface area contributed by atoms with E-state index in [0.29, 0.717) is 11.3 Å². The summed E-state index contributed by atoms with van der Waals surface area (Å²) in [5.41, 5.74) is 3.30. The number of amides is 1. The zero-order valence-electron chi connectivity index (χ0n) is 16.0. The van der Waals surface area contributed by atoms with Crippen molar-refractivity contribution < 1.29 is 9.21 Å². The summed E-state index contributed by atoms with van der Waals surface area (Å²) in [5.74, 6) is -0.845. The minimum atomic E-state index is -0.957. The Morgan fingerprint density at radius 1 is 1.10 bits per heavy atom. The minimum absolute atomic E-state index is 0.200. The van der Waals surface area contributed by atoms with Crippen LogP contribution in [0.25, 0.3) is 10.8 Å². The molecule has 2 heterocycles. The lowest BCUT2D eigenvalue weighted by atomic mass is 10.1. The maximum absolute atomic E-state index is 13.3. The van der Waals surface area contributed by atoms with Gasteiger partial charge in [0.2, 0.25) is 0 Å². The van der Waals surface area contributed by atoms with Gasteiger partial charge in [-0.25, -0.2) is 4.79 Å². The number of carbonyl (C=O) groups is 1. The molecule has 1 amide bonds. The molecule has 0 spiro atoms. The third kappa shape index (κ3) is 3.90. The number of nitrogens with zero attached hydrogens (tertiary/aromatic N) is 2. The third-order valence-electron chi connectivity index (χ3n) is 4.56. The van der Waals surface area contributed by atoms with Crippen LogP contribution in [0.2, 0.25) is 0 Å². The maximum Gasteiger partial charge on any atom is 0.438 e. The summed E-state index contributed by atoms with van der Waals surface area (Å²) < 4.78 is 6.43. The average molecular weight is 405 g/mol. The number of hydrogen-bond donors (Lipinski definition) is 1. The van der Waals surface area contributed by atoms with Gasteiger partial charge in [0.05, 0.1) is 4.88 Å². The van der Waals surface area contributed by atoms with Crippen LogP contribution in [-0.4, -0.2) is 15.7 Å². The van der Waals surface area contributed by atoms with E-state index < -0.39 is 11.8 Å². The van der Waals surface area contributed by atoms with E-state index >= 15 is 0 Å². The Labute approximate surface area is 171 Å². The fourth-order valence-corrected chi connectivity index (χ4v) is 3.71. The van der Waals surface area contributed by atoms with Crippen LogP contribution in [0.4, 0.5) is 5.69 Å². The first-order chi connectivity index (χ1) is 14.0. The molecule has 0 unspecified atom stereocenters. The number of nitrogens with one attached hydrogen (secondary N) is 1. The Hall–Kier alpha value is -3.45. The van der Waals surface area contributed by atoms with Gasteiger partial charge in [0.15, 0.2) is 6.04 Å². The van der Waals surface area contributed by atoms with Gasteiger partial charge >= 0.3 is 5.76 Å². The average Bonchev–Trinajstić information content (AvgIpc) is 3.36. The first kappa shape index (κ1) is 18.9. The molecule has 6 nitrogen and oxygen atoms in total. The summed E-state index contributed by atoms with van der Waals surface area (Å²) in [5, 5.41) is 9.13. The quantitative estimate of drug-likeness (QED) is 0.534. The zero-order valence-corrected chi connectivity index (χ0v) is 16.8. The van der Waals surface area contributed by atoms with Crippen LogP contribution in [0.3, 0.4) is 0 Å². The van der Waals surface area contributed by atoms with E-state index in [9.17, 15) is 9.59 Å². The normalized spacial score (nSPS) is 11.9. The van der Waals surface area contributed by atoms with Gasteiger partial charge in [0, 0.05) is 5.69 Å². The van der Waals surface area contributed by atoms with Crippen LogP contribution in [0, 0.1) is 13.8 Å². The predicted molar refractivity (Wildman–Crippen MR) is 113 cm³/mol. The number of aromatic nitrogens is 2. The van der Waals surface area contributed by atoms with E-state index in [1.54, 1.807) is 12.1 Å². The number of hydrogen-bond acceptors (Lipinski definition) is 5. The molecule has 29 heavy (non-hydrogen) atoms. The third-order valence-corrected chi connectivity index (χ3v) is 5.42. The number of benzene rings is 2. The fraction of sp³-hybridized carbons (Fsp3) is 0.136. The van der Waals surface area contributed by atoms with Gasteiger partial charge in [-0.1, -0.05) is 48.5 Å². The molecule has 0 fully saturated rings. The Kier molecular flexibility index (Phi) is 5.14. The van der Waals surface area contributed by atoms with Crippen molar-refractivity contribution in [2.45, 2.75) is 19.9 Å². The highest BCUT2D eigenvalue weighted by Crippen LogP contribution is 2.25. The van der Waals surface area contributed by atoms with E-state index in [1.165, 1.54) is 11.3 Å². The van der Waals surface area contributed by atoms with Gasteiger partial charge in [-0.2, -0.15) is 4.68 Å². The Morgan fingerprint density at radius 3 is 2.62 bits per heavy atom. The van der Waals surface area contributed by atoms with Gasteiger partial charge in [-0.05, 0) is 48.1 Å². The summed E-state index contributed by atoms with van der Waals surface area (Å²) in [6.07, 6.45) is 0. The molecular weight excluding hydrogens is 386 g/mol. The predicted octanol–water partition coefficient (Wildman–Crippen LogP) is 4.41. The van der Waals surface area contributed by atoms with E-state index in [1.807, 2.05) is 67.8 Å². The molecule has 0 aliphatic heterocycles.